The lowest BCUT2D eigenvalue weighted by Gasteiger charge is -1.98. The molecule has 4 aromatic heterocycles. The number of benzene rings is 1. The van der Waals surface area contributed by atoms with Crippen LogP contribution in [0.2, 0.25) is 0 Å². The van der Waals surface area contributed by atoms with Gasteiger partial charge in [-0.2, -0.15) is 9.50 Å². The molecule has 6 heteroatoms. The lowest BCUT2D eigenvalue weighted by atomic mass is 10.2. The Morgan fingerprint density at radius 1 is 1.04 bits per heavy atom. The molecule has 1 N–H and O–H groups in total. The molecule has 0 spiro atoms. The van der Waals surface area contributed by atoms with E-state index >= 15 is 0 Å². The largest absolute Gasteiger partial charge is 0.463 e. The number of aromatic amines is 1. The highest BCUT2D eigenvalue weighted by molar-refractivity contribution is 5.93. The summed E-state index contributed by atoms with van der Waals surface area (Å²) in [6.07, 6.45) is 5.27. The van der Waals surface area contributed by atoms with E-state index in [1.54, 1.807) is 17.0 Å². The van der Waals surface area contributed by atoms with Crippen LogP contribution in [0.5, 0.6) is 0 Å². The zero-order chi connectivity index (χ0) is 15.2. The quantitative estimate of drug-likeness (QED) is 0.541. The zero-order valence-corrected chi connectivity index (χ0v) is 12.0. The molecular formula is C17H11N5O. The summed E-state index contributed by atoms with van der Waals surface area (Å²) in [4.78, 5) is 12.1. The number of hydrogen-bond acceptors (Lipinski definition) is 4. The first-order valence-corrected chi connectivity index (χ1v) is 7.22. The van der Waals surface area contributed by atoms with E-state index in [9.17, 15) is 0 Å². The number of H-pyrrole nitrogens is 1. The Hall–Kier alpha value is -3.41. The number of rotatable bonds is 2. The molecule has 110 valence electrons. The fourth-order valence-electron chi connectivity index (χ4n) is 2.78. The summed E-state index contributed by atoms with van der Waals surface area (Å²) in [6.45, 7) is 0. The van der Waals surface area contributed by atoms with Crippen LogP contribution in [0.3, 0.4) is 0 Å². The average Bonchev–Trinajstić information content (AvgIpc) is 3.32. The summed E-state index contributed by atoms with van der Waals surface area (Å²) in [5.74, 6) is 1.90. The lowest BCUT2D eigenvalue weighted by Crippen LogP contribution is -1.94. The molecule has 0 atom stereocenters. The second-order valence-corrected chi connectivity index (χ2v) is 5.20. The maximum Gasteiger partial charge on any atom is 0.253 e. The van der Waals surface area contributed by atoms with Gasteiger partial charge in [-0.25, -0.2) is 4.98 Å². The molecule has 0 bridgehead atoms. The van der Waals surface area contributed by atoms with Gasteiger partial charge < -0.3 is 9.40 Å². The zero-order valence-electron chi connectivity index (χ0n) is 12.0. The number of nitrogens with zero attached hydrogens (tertiary/aromatic N) is 4. The molecule has 0 amide bonds. The van der Waals surface area contributed by atoms with Crippen LogP contribution < -0.4 is 0 Å². The monoisotopic (exact) mass is 301 g/mol. The van der Waals surface area contributed by atoms with E-state index in [-0.39, 0.29) is 0 Å². The maximum atomic E-state index is 5.48. The van der Waals surface area contributed by atoms with Crippen LogP contribution in [0.1, 0.15) is 0 Å². The van der Waals surface area contributed by atoms with Gasteiger partial charge in [0.05, 0.1) is 6.26 Å². The van der Waals surface area contributed by atoms with E-state index < -0.39 is 0 Å². The highest BCUT2D eigenvalue weighted by atomic mass is 16.3. The minimum absolute atomic E-state index is 0.541. The summed E-state index contributed by atoms with van der Waals surface area (Å²) >= 11 is 0. The van der Waals surface area contributed by atoms with Crippen molar-refractivity contribution in [1.82, 2.24) is 24.6 Å². The standard InChI is InChI=1S/C17H11N5O/c1-2-5-13-11(4-1)12(10-19-13)16-20-17-18-8-7-14(22(17)21-16)15-6-3-9-23-15/h1-10,19H. The van der Waals surface area contributed by atoms with Crippen LogP contribution >= 0.6 is 0 Å². The van der Waals surface area contributed by atoms with Crippen molar-refractivity contribution in [3.8, 4) is 22.8 Å². The van der Waals surface area contributed by atoms with E-state index in [2.05, 4.69) is 20.1 Å². The van der Waals surface area contributed by atoms with Crippen molar-refractivity contribution in [2.75, 3.05) is 0 Å². The summed E-state index contributed by atoms with van der Waals surface area (Å²) in [7, 11) is 0. The Balaban J connectivity index is 1.76. The lowest BCUT2D eigenvalue weighted by molar-refractivity contribution is 0.577. The predicted molar refractivity (Wildman–Crippen MR) is 85.8 cm³/mol. The van der Waals surface area contributed by atoms with Gasteiger partial charge >= 0.3 is 0 Å². The average molecular weight is 301 g/mol. The number of aromatic nitrogens is 5. The number of nitrogens with one attached hydrogen (secondary N) is 1. The SMILES string of the molecule is c1coc(-c2ccnc3nc(-c4c[nH]c5ccccc45)nn23)c1. The van der Waals surface area contributed by atoms with Gasteiger partial charge in [0.1, 0.15) is 5.69 Å². The molecule has 5 rings (SSSR count). The van der Waals surface area contributed by atoms with E-state index in [0.717, 1.165) is 27.9 Å². The Kier molecular flexibility index (Phi) is 2.40. The topological polar surface area (TPSA) is 72.0 Å². The van der Waals surface area contributed by atoms with Crippen LogP contribution in [0.25, 0.3) is 39.5 Å². The van der Waals surface area contributed by atoms with Crippen molar-refractivity contribution < 1.29 is 4.42 Å². The van der Waals surface area contributed by atoms with Crippen LogP contribution in [0.15, 0.2) is 65.5 Å². The number of hydrogen-bond donors (Lipinski definition) is 1. The Morgan fingerprint density at radius 3 is 2.91 bits per heavy atom. The Bertz CT molecular complexity index is 1120. The summed E-state index contributed by atoms with van der Waals surface area (Å²) in [6, 6.07) is 13.7. The molecule has 0 saturated heterocycles. The van der Waals surface area contributed by atoms with E-state index in [4.69, 9.17) is 4.42 Å². The maximum absolute atomic E-state index is 5.48. The molecule has 23 heavy (non-hydrogen) atoms. The van der Waals surface area contributed by atoms with Crippen LogP contribution in [0, 0.1) is 0 Å². The normalized spacial score (nSPS) is 11.5. The van der Waals surface area contributed by atoms with Crippen molar-refractivity contribution >= 4 is 16.7 Å². The second kappa shape index (κ2) is 4.54. The molecule has 6 nitrogen and oxygen atoms in total. The van der Waals surface area contributed by atoms with Crippen molar-refractivity contribution in [2.24, 2.45) is 0 Å². The van der Waals surface area contributed by atoms with Crippen LogP contribution in [-0.4, -0.2) is 24.6 Å². The van der Waals surface area contributed by atoms with Gasteiger partial charge in [0.2, 0.25) is 0 Å². The third kappa shape index (κ3) is 1.78. The Labute approximate surface area is 130 Å². The van der Waals surface area contributed by atoms with E-state index in [0.29, 0.717) is 11.6 Å². The fraction of sp³-hybridized carbons (Fsp3) is 0. The molecule has 1 aromatic carbocycles. The molecular weight excluding hydrogens is 290 g/mol. The molecule has 0 aliphatic carbocycles. The molecule has 0 saturated carbocycles. The van der Waals surface area contributed by atoms with Gasteiger partial charge in [-0.15, -0.1) is 5.10 Å². The van der Waals surface area contributed by atoms with Crippen molar-refractivity contribution in [2.45, 2.75) is 0 Å². The number of furan rings is 1. The first-order chi connectivity index (χ1) is 11.4. The minimum atomic E-state index is 0.541. The summed E-state index contributed by atoms with van der Waals surface area (Å²) in [5.41, 5.74) is 2.83. The highest BCUT2D eigenvalue weighted by Crippen LogP contribution is 2.27. The number of para-hydroxylation sites is 1. The van der Waals surface area contributed by atoms with Crippen molar-refractivity contribution in [3.05, 3.63) is 61.1 Å². The molecule has 0 radical (unpaired) electrons. The summed E-state index contributed by atoms with van der Waals surface area (Å²) in [5, 5.41) is 5.71. The fourth-order valence-corrected chi connectivity index (χ4v) is 2.78. The molecule has 0 unspecified atom stereocenters. The van der Waals surface area contributed by atoms with E-state index in [1.165, 1.54) is 0 Å². The first-order valence-electron chi connectivity index (χ1n) is 7.22. The van der Waals surface area contributed by atoms with Crippen molar-refractivity contribution in [3.63, 3.8) is 0 Å². The highest BCUT2D eigenvalue weighted by Gasteiger charge is 2.15. The van der Waals surface area contributed by atoms with Gasteiger partial charge in [0, 0.05) is 28.9 Å². The molecule has 4 heterocycles. The molecule has 0 fully saturated rings. The predicted octanol–water partition coefficient (Wildman–Crippen LogP) is 3.53. The second-order valence-electron chi connectivity index (χ2n) is 5.20. The molecule has 0 aliphatic rings. The molecule has 0 aliphatic heterocycles. The molecule has 5 aromatic rings. The third-order valence-corrected chi connectivity index (χ3v) is 3.84. The number of fused-ring (bicyclic) bond motifs is 2. The van der Waals surface area contributed by atoms with Gasteiger partial charge in [0.25, 0.3) is 5.78 Å². The third-order valence-electron chi connectivity index (χ3n) is 3.84. The van der Waals surface area contributed by atoms with Crippen molar-refractivity contribution in [1.29, 1.82) is 0 Å². The smallest absolute Gasteiger partial charge is 0.253 e. The summed E-state index contributed by atoms with van der Waals surface area (Å²) < 4.78 is 7.18. The minimum Gasteiger partial charge on any atom is -0.463 e. The van der Waals surface area contributed by atoms with E-state index in [1.807, 2.05) is 48.7 Å². The van der Waals surface area contributed by atoms with Crippen LogP contribution in [-0.2, 0) is 0 Å². The van der Waals surface area contributed by atoms with Gasteiger partial charge in [-0.3, -0.25) is 0 Å². The Morgan fingerprint density at radius 2 is 2.00 bits per heavy atom. The van der Waals surface area contributed by atoms with Gasteiger partial charge in [-0.05, 0) is 24.3 Å². The first kappa shape index (κ1) is 12.2. The van der Waals surface area contributed by atoms with Gasteiger partial charge in [-0.1, -0.05) is 18.2 Å². The van der Waals surface area contributed by atoms with Crippen LogP contribution in [0.4, 0.5) is 0 Å². The van der Waals surface area contributed by atoms with Gasteiger partial charge in [0.15, 0.2) is 11.6 Å².